The highest BCUT2D eigenvalue weighted by Crippen LogP contribution is 2.31. The average Bonchev–Trinajstić information content (AvgIpc) is 3.70. The molecule has 0 unspecified atom stereocenters. The molecule has 5 aromatic rings. The normalized spacial score (nSPS) is 13.3. The number of fused-ring (bicyclic) bond motifs is 1. The van der Waals surface area contributed by atoms with Crippen LogP contribution in [0.15, 0.2) is 78.3 Å². The van der Waals surface area contributed by atoms with Gasteiger partial charge in [0.1, 0.15) is 5.75 Å². The number of hydrogen-bond acceptors (Lipinski definition) is 8. The van der Waals surface area contributed by atoms with Gasteiger partial charge in [-0.25, -0.2) is 18.2 Å². The van der Waals surface area contributed by atoms with Crippen molar-refractivity contribution in [3.63, 3.8) is 0 Å². The number of likely N-dealkylation sites (tertiary alicyclic amines) is 1. The lowest BCUT2D eigenvalue weighted by Gasteiger charge is -2.19. The minimum Gasteiger partial charge on any atom is -0.492 e. The van der Waals surface area contributed by atoms with Crippen LogP contribution in [0.3, 0.4) is 0 Å². The molecule has 6 rings (SSSR count). The standard InChI is InChI=1S/C30H30N8O4S/c1-3-42-29-9-7-24(14-27(29)35-30(39)38-10-4-5-11-38)43(40,41)36-23-12-21(15-31-17-23)20-6-8-25-26(13-20)34-28(18-32-25)22-16-33-37(2)19-22/h6-9,12-19,36H,3-5,10-11H2,1-2H3,(H,35,39). The highest BCUT2D eigenvalue weighted by Gasteiger charge is 2.22. The van der Waals surface area contributed by atoms with Crippen molar-refractivity contribution < 1.29 is 17.9 Å². The summed E-state index contributed by atoms with van der Waals surface area (Å²) >= 11 is 0. The van der Waals surface area contributed by atoms with E-state index in [2.05, 4.69) is 25.1 Å². The van der Waals surface area contributed by atoms with Crippen molar-refractivity contribution in [3.8, 4) is 28.1 Å². The Bertz CT molecular complexity index is 1920. The van der Waals surface area contributed by atoms with E-state index < -0.39 is 10.0 Å². The summed E-state index contributed by atoms with van der Waals surface area (Å²) in [7, 11) is -2.19. The quantitative estimate of drug-likeness (QED) is 0.256. The van der Waals surface area contributed by atoms with Gasteiger partial charge in [0.05, 0.1) is 58.2 Å². The van der Waals surface area contributed by atoms with Gasteiger partial charge in [-0.1, -0.05) is 6.07 Å². The first-order valence-corrected chi connectivity index (χ1v) is 15.3. The molecular formula is C30H30N8O4S. The number of urea groups is 1. The lowest BCUT2D eigenvalue weighted by molar-refractivity contribution is 0.222. The summed E-state index contributed by atoms with van der Waals surface area (Å²) in [4.78, 5) is 28.0. The highest BCUT2D eigenvalue weighted by molar-refractivity contribution is 7.92. The molecule has 0 bridgehead atoms. The number of benzene rings is 2. The molecule has 220 valence electrons. The van der Waals surface area contributed by atoms with E-state index in [0.717, 1.165) is 29.5 Å². The zero-order valence-electron chi connectivity index (χ0n) is 23.7. The van der Waals surface area contributed by atoms with Gasteiger partial charge in [0, 0.05) is 43.7 Å². The molecule has 1 saturated heterocycles. The molecule has 1 aliphatic heterocycles. The molecule has 2 N–H and O–H groups in total. The number of ether oxygens (including phenoxy) is 1. The summed E-state index contributed by atoms with van der Waals surface area (Å²) in [5.74, 6) is 0.392. The molecule has 0 atom stereocenters. The Morgan fingerprint density at radius 1 is 0.953 bits per heavy atom. The van der Waals surface area contributed by atoms with Gasteiger partial charge < -0.3 is 15.0 Å². The molecule has 3 aromatic heterocycles. The van der Waals surface area contributed by atoms with Crippen molar-refractivity contribution in [1.82, 2.24) is 29.6 Å². The lowest BCUT2D eigenvalue weighted by Crippen LogP contribution is -2.32. The molecule has 0 radical (unpaired) electrons. The fourth-order valence-corrected chi connectivity index (χ4v) is 5.98. The van der Waals surface area contributed by atoms with Gasteiger partial charge >= 0.3 is 6.03 Å². The minimum atomic E-state index is -4.03. The maximum absolute atomic E-state index is 13.4. The van der Waals surface area contributed by atoms with Gasteiger partial charge in [-0.15, -0.1) is 0 Å². The monoisotopic (exact) mass is 598 g/mol. The number of aryl methyl sites for hydroxylation is 1. The number of nitrogens with zero attached hydrogens (tertiary/aromatic N) is 6. The van der Waals surface area contributed by atoms with Crippen molar-refractivity contribution in [1.29, 1.82) is 0 Å². The number of pyridine rings is 1. The van der Waals surface area contributed by atoms with Crippen LogP contribution in [-0.4, -0.2) is 63.8 Å². The number of anilines is 2. The first-order chi connectivity index (χ1) is 20.8. The fourth-order valence-electron chi connectivity index (χ4n) is 4.92. The largest absolute Gasteiger partial charge is 0.492 e. The van der Waals surface area contributed by atoms with E-state index in [9.17, 15) is 13.2 Å². The fraction of sp³-hybridized carbons (Fsp3) is 0.233. The Morgan fingerprint density at radius 2 is 1.79 bits per heavy atom. The van der Waals surface area contributed by atoms with E-state index in [-0.39, 0.29) is 22.3 Å². The third kappa shape index (κ3) is 6.11. The van der Waals surface area contributed by atoms with Gasteiger partial charge in [-0.3, -0.25) is 19.4 Å². The van der Waals surface area contributed by atoms with Gasteiger partial charge in [0.2, 0.25) is 0 Å². The third-order valence-electron chi connectivity index (χ3n) is 7.06. The number of amides is 2. The lowest BCUT2D eigenvalue weighted by atomic mass is 10.1. The second kappa shape index (κ2) is 11.7. The second-order valence-corrected chi connectivity index (χ2v) is 11.8. The Morgan fingerprint density at radius 3 is 2.56 bits per heavy atom. The molecule has 4 heterocycles. The number of nitrogens with one attached hydrogen (secondary N) is 2. The van der Waals surface area contributed by atoms with Crippen molar-refractivity contribution in [2.24, 2.45) is 7.05 Å². The summed E-state index contributed by atoms with van der Waals surface area (Å²) in [5.41, 5.74) is 5.03. The van der Waals surface area contributed by atoms with Crippen molar-refractivity contribution >= 4 is 38.5 Å². The summed E-state index contributed by atoms with van der Waals surface area (Å²) in [5, 5.41) is 7.02. The molecule has 2 amide bonds. The summed E-state index contributed by atoms with van der Waals surface area (Å²) < 4.78 is 36.8. The maximum Gasteiger partial charge on any atom is 0.321 e. The van der Waals surface area contributed by atoms with Crippen molar-refractivity contribution in [2.75, 3.05) is 29.7 Å². The second-order valence-electron chi connectivity index (χ2n) is 10.1. The van der Waals surface area contributed by atoms with Gasteiger partial charge in [0.15, 0.2) is 0 Å². The predicted octanol–water partition coefficient (Wildman–Crippen LogP) is 4.92. The van der Waals surface area contributed by atoms with Gasteiger partial charge in [0.25, 0.3) is 10.0 Å². The molecule has 13 heteroatoms. The van der Waals surface area contributed by atoms with Crippen molar-refractivity contribution in [3.05, 3.63) is 73.4 Å². The van der Waals surface area contributed by atoms with Crippen LogP contribution in [0.1, 0.15) is 19.8 Å². The Labute approximate surface area is 248 Å². The van der Waals surface area contributed by atoms with Crippen LogP contribution in [-0.2, 0) is 17.1 Å². The van der Waals surface area contributed by atoms with Gasteiger partial charge in [-0.05, 0) is 61.7 Å². The highest BCUT2D eigenvalue weighted by atomic mass is 32.2. The molecular weight excluding hydrogens is 568 g/mol. The Hall–Kier alpha value is -5.04. The first-order valence-electron chi connectivity index (χ1n) is 13.9. The van der Waals surface area contributed by atoms with Crippen LogP contribution in [0.5, 0.6) is 5.75 Å². The Kier molecular flexibility index (Phi) is 7.63. The molecule has 2 aromatic carbocycles. The SMILES string of the molecule is CCOc1ccc(S(=O)(=O)Nc2cncc(-c3ccc4ncc(-c5cnn(C)c5)nc4c3)c2)cc1NC(=O)N1CCCC1. The van der Waals surface area contributed by atoms with E-state index in [1.165, 1.54) is 18.3 Å². The van der Waals surface area contributed by atoms with E-state index in [1.54, 1.807) is 40.3 Å². The average molecular weight is 599 g/mol. The zero-order valence-corrected chi connectivity index (χ0v) is 24.5. The van der Waals surface area contributed by atoms with Crippen LogP contribution >= 0.6 is 0 Å². The van der Waals surface area contributed by atoms with Crippen molar-refractivity contribution in [2.45, 2.75) is 24.7 Å². The van der Waals surface area contributed by atoms with E-state index >= 15 is 0 Å². The van der Waals surface area contributed by atoms with E-state index in [1.807, 2.05) is 38.4 Å². The molecule has 0 aliphatic carbocycles. The molecule has 1 fully saturated rings. The first kappa shape index (κ1) is 28.1. The number of carbonyl (C=O) groups excluding carboxylic acids is 1. The summed E-state index contributed by atoms with van der Waals surface area (Å²) in [6.45, 7) is 3.50. The summed E-state index contributed by atoms with van der Waals surface area (Å²) in [6, 6.07) is 11.4. The van der Waals surface area contributed by atoms with Crippen LogP contribution in [0.4, 0.5) is 16.2 Å². The number of hydrogen-bond donors (Lipinski definition) is 2. The third-order valence-corrected chi connectivity index (χ3v) is 8.44. The number of aromatic nitrogens is 5. The van der Waals surface area contributed by atoms with E-state index in [4.69, 9.17) is 9.72 Å². The molecule has 43 heavy (non-hydrogen) atoms. The molecule has 1 aliphatic rings. The van der Waals surface area contributed by atoms with Gasteiger partial charge in [-0.2, -0.15) is 5.10 Å². The molecule has 0 spiro atoms. The zero-order chi connectivity index (χ0) is 30.0. The maximum atomic E-state index is 13.4. The molecule has 12 nitrogen and oxygen atoms in total. The predicted molar refractivity (Wildman–Crippen MR) is 163 cm³/mol. The minimum absolute atomic E-state index is 0.0259. The van der Waals surface area contributed by atoms with E-state index in [0.29, 0.717) is 42.2 Å². The van der Waals surface area contributed by atoms with Crippen LogP contribution in [0.25, 0.3) is 33.4 Å². The van der Waals surface area contributed by atoms with Crippen LogP contribution in [0, 0.1) is 0 Å². The topological polar surface area (TPSA) is 144 Å². The number of sulfonamides is 1. The Balaban J connectivity index is 1.26. The smallest absolute Gasteiger partial charge is 0.321 e. The molecule has 0 saturated carbocycles. The van der Waals surface area contributed by atoms with Crippen LogP contribution < -0.4 is 14.8 Å². The number of carbonyl (C=O) groups is 1. The van der Waals surface area contributed by atoms with Crippen LogP contribution in [0.2, 0.25) is 0 Å². The summed E-state index contributed by atoms with van der Waals surface area (Å²) in [6.07, 6.45) is 10.3. The number of rotatable bonds is 8.